The number of rotatable bonds is 1. The Bertz CT molecular complexity index is 319. The van der Waals surface area contributed by atoms with Gasteiger partial charge in [0, 0.05) is 19.0 Å². The SMILES string of the molecule is CC(C)(C)OC(=O)N1CCCC(C2(O)COC2)C1. The van der Waals surface area contributed by atoms with Crippen molar-refractivity contribution in [1.82, 2.24) is 4.90 Å². The van der Waals surface area contributed by atoms with E-state index in [1.165, 1.54) is 0 Å². The van der Waals surface area contributed by atoms with Crippen LogP contribution in [-0.4, -0.2) is 53.6 Å². The van der Waals surface area contributed by atoms with E-state index in [1.807, 2.05) is 20.8 Å². The Morgan fingerprint density at radius 3 is 2.61 bits per heavy atom. The molecule has 2 rings (SSSR count). The van der Waals surface area contributed by atoms with Gasteiger partial charge in [-0.05, 0) is 33.6 Å². The molecule has 18 heavy (non-hydrogen) atoms. The maximum atomic E-state index is 12.0. The van der Waals surface area contributed by atoms with Crippen LogP contribution >= 0.6 is 0 Å². The molecule has 5 heteroatoms. The van der Waals surface area contributed by atoms with Gasteiger partial charge in [0.05, 0.1) is 13.2 Å². The fourth-order valence-electron chi connectivity index (χ4n) is 2.45. The summed E-state index contributed by atoms with van der Waals surface area (Å²) in [6.45, 7) is 7.63. The molecule has 2 fully saturated rings. The van der Waals surface area contributed by atoms with Crippen molar-refractivity contribution in [3.8, 4) is 0 Å². The van der Waals surface area contributed by atoms with Crippen LogP contribution in [0, 0.1) is 5.92 Å². The van der Waals surface area contributed by atoms with Gasteiger partial charge < -0.3 is 19.5 Å². The van der Waals surface area contributed by atoms with Crippen LogP contribution in [0.25, 0.3) is 0 Å². The molecule has 2 aliphatic heterocycles. The lowest BCUT2D eigenvalue weighted by Gasteiger charge is -2.46. The van der Waals surface area contributed by atoms with Crippen molar-refractivity contribution in [2.24, 2.45) is 5.92 Å². The zero-order valence-corrected chi connectivity index (χ0v) is 11.4. The molecule has 2 saturated heterocycles. The van der Waals surface area contributed by atoms with Gasteiger partial charge in [-0.25, -0.2) is 4.79 Å². The van der Waals surface area contributed by atoms with E-state index in [9.17, 15) is 9.90 Å². The smallest absolute Gasteiger partial charge is 0.410 e. The van der Waals surface area contributed by atoms with Crippen LogP contribution < -0.4 is 0 Å². The van der Waals surface area contributed by atoms with E-state index in [-0.39, 0.29) is 12.0 Å². The van der Waals surface area contributed by atoms with Crippen LogP contribution in [0.4, 0.5) is 4.79 Å². The first-order valence-corrected chi connectivity index (χ1v) is 6.58. The number of hydrogen-bond donors (Lipinski definition) is 1. The molecule has 104 valence electrons. The second-order valence-corrected chi connectivity index (χ2v) is 6.36. The summed E-state index contributed by atoms with van der Waals surface area (Å²) in [4.78, 5) is 13.7. The van der Waals surface area contributed by atoms with Crippen molar-refractivity contribution >= 4 is 6.09 Å². The van der Waals surface area contributed by atoms with Crippen LogP contribution in [0.5, 0.6) is 0 Å². The zero-order chi connectivity index (χ0) is 13.4. The van der Waals surface area contributed by atoms with Crippen molar-refractivity contribution in [2.45, 2.75) is 44.8 Å². The number of ether oxygens (including phenoxy) is 2. The lowest BCUT2D eigenvalue weighted by atomic mass is 9.80. The molecule has 0 aromatic carbocycles. The fourth-order valence-corrected chi connectivity index (χ4v) is 2.45. The highest BCUT2D eigenvalue weighted by Gasteiger charge is 2.46. The predicted molar refractivity (Wildman–Crippen MR) is 66.3 cm³/mol. The summed E-state index contributed by atoms with van der Waals surface area (Å²) >= 11 is 0. The van der Waals surface area contributed by atoms with Gasteiger partial charge in [0.2, 0.25) is 0 Å². The molecule has 1 amide bonds. The molecule has 1 atom stereocenters. The quantitative estimate of drug-likeness (QED) is 0.771. The summed E-state index contributed by atoms with van der Waals surface area (Å²) in [6, 6.07) is 0. The van der Waals surface area contributed by atoms with Crippen molar-refractivity contribution in [3.63, 3.8) is 0 Å². The maximum Gasteiger partial charge on any atom is 0.410 e. The second kappa shape index (κ2) is 4.70. The summed E-state index contributed by atoms with van der Waals surface area (Å²) < 4.78 is 10.4. The lowest BCUT2D eigenvalue weighted by molar-refractivity contribution is -0.213. The van der Waals surface area contributed by atoms with Crippen molar-refractivity contribution in [1.29, 1.82) is 0 Å². The number of aliphatic hydroxyl groups is 1. The normalized spacial score (nSPS) is 27.6. The van der Waals surface area contributed by atoms with Gasteiger partial charge in [-0.1, -0.05) is 0 Å². The molecular formula is C13H23NO4. The standard InChI is InChI=1S/C13H23NO4/c1-12(2,3)18-11(15)14-6-4-5-10(7-14)13(16)8-17-9-13/h10,16H,4-9H2,1-3H3. The number of nitrogens with zero attached hydrogens (tertiary/aromatic N) is 1. The summed E-state index contributed by atoms with van der Waals surface area (Å²) in [5.74, 6) is 0.104. The molecule has 0 radical (unpaired) electrons. The summed E-state index contributed by atoms with van der Waals surface area (Å²) in [5, 5.41) is 10.3. The summed E-state index contributed by atoms with van der Waals surface area (Å²) in [7, 11) is 0. The Balaban J connectivity index is 1.92. The van der Waals surface area contributed by atoms with Crippen LogP contribution in [0.15, 0.2) is 0 Å². The van der Waals surface area contributed by atoms with Gasteiger partial charge in [-0.3, -0.25) is 0 Å². The Hall–Kier alpha value is -0.810. The third-order valence-electron chi connectivity index (χ3n) is 3.54. The van der Waals surface area contributed by atoms with Gasteiger partial charge in [0.15, 0.2) is 0 Å². The van der Waals surface area contributed by atoms with Crippen LogP contribution in [0.1, 0.15) is 33.6 Å². The minimum atomic E-state index is -0.735. The second-order valence-electron chi connectivity index (χ2n) is 6.36. The fraction of sp³-hybridized carbons (Fsp3) is 0.923. The summed E-state index contributed by atoms with van der Waals surface area (Å²) in [6.07, 6.45) is 1.57. The van der Waals surface area contributed by atoms with Gasteiger partial charge >= 0.3 is 6.09 Å². The van der Waals surface area contributed by atoms with E-state index in [0.29, 0.717) is 26.3 Å². The molecule has 2 heterocycles. The Morgan fingerprint density at radius 1 is 1.44 bits per heavy atom. The lowest BCUT2D eigenvalue weighted by Crippen LogP contribution is -2.60. The predicted octanol–water partition coefficient (Wildman–Crippen LogP) is 1.39. The van der Waals surface area contributed by atoms with Crippen molar-refractivity contribution in [2.75, 3.05) is 26.3 Å². The first-order chi connectivity index (χ1) is 8.30. The summed E-state index contributed by atoms with van der Waals surface area (Å²) in [5.41, 5.74) is -1.21. The highest BCUT2D eigenvalue weighted by molar-refractivity contribution is 5.68. The molecule has 1 unspecified atom stereocenters. The van der Waals surface area contributed by atoms with Gasteiger partial charge in [0.25, 0.3) is 0 Å². The highest BCUT2D eigenvalue weighted by Crippen LogP contribution is 2.33. The minimum absolute atomic E-state index is 0.104. The first kappa shape index (κ1) is 13.6. The van der Waals surface area contributed by atoms with E-state index in [2.05, 4.69) is 0 Å². The topological polar surface area (TPSA) is 59.0 Å². The van der Waals surface area contributed by atoms with Crippen LogP contribution in [-0.2, 0) is 9.47 Å². The molecule has 5 nitrogen and oxygen atoms in total. The first-order valence-electron chi connectivity index (χ1n) is 6.58. The average molecular weight is 257 g/mol. The molecule has 2 aliphatic rings. The van der Waals surface area contributed by atoms with Crippen molar-refractivity contribution in [3.05, 3.63) is 0 Å². The molecule has 0 bridgehead atoms. The van der Waals surface area contributed by atoms with Gasteiger partial charge in [-0.15, -0.1) is 0 Å². The molecule has 0 aliphatic carbocycles. The number of carbonyl (C=O) groups is 1. The van der Waals surface area contributed by atoms with Crippen molar-refractivity contribution < 1.29 is 19.4 Å². The minimum Gasteiger partial charge on any atom is -0.444 e. The number of carbonyl (C=O) groups excluding carboxylic acids is 1. The highest BCUT2D eigenvalue weighted by atomic mass is 16.6. The van der Waals surface area contributed by atoms with E-state index in [0.717, 1.165) is 12.8 Å². The molecule has 1 N–H and O–H groups in total. The Morgan fingerprint density at radius 2 is 2.11 bits per heavy atom. The molecule has 0 spiro atoms. The van der Waals surface area contributed by atoms with E-state index in [1.54, 1.807) is 4.90 Å². The third-order valence-corrected chi connectivity index (χ3v) is 3.54. The number of amides is 1. The van der Waals surface area contributed by atoms with Gasteiger partial charge in [0.1, 0.15) is 11.2 Å². The molecule has 0 saturated carbocycles. The maximum absolute atomic E-state index is 12.0. The number of hydrogen-bond acceptors (Lipinski definition) is 4. The monoisotopic (exact) mass is 257 g/mol. The third kappa shape index (κ3) is 2.95. The van der Waals surface area contributed by atoms with Crippen LogP contribution in [0.3, 0.4) is 0 Å². The average Bonchev–Trinajstić information content (AvgIpc) is 2.24. The van der Waals surface area contributed by atoms with E-state index >= 15 is 0 Å². The number of likely N-dealkylation sites (tertiary alicyclic amines) is 1. The number of piperidine rings is 1. The Labute approximate surface area is 108 Å². The molecule has 0 aromatic rings. The van der Waals surface area contributed by atoms with E-state index < -0.39 is 11.2 Å². The van der Waals surface area contributed by atoms with E-state index in [4.69, 9.17) is 9.47 Å². The van der Waals surface area contributed by atoms with Crippen LogP contribution in [0.2, 0.25) is 0 Å². The zero-order valence-electron chi connectivity index (χ0n) is 11.4. The largest absolute Gasteiger partial charge is 0.444 e. The van der Waals surface area contributed by atoms with Gasteiger partial charge in [-0.2, -0.15) is 0 Å². The Kier molecular flexibility index (Phi) is 3.56. The molecular weight excluding hydrogens is 234 g/mol. The molecule has 0 aromatic heterocycles.